The SMILES string of the molecule is COc1ccc(-c2c(CCN)ccn2C)cc1. The van der Waals surface area contributed by atoms with E-state index in [1.54, 1.807) is 7.11 Å². The lowest BCUT2D eigenvalue weighted by atomic mass is 10.1. The minimum Gasteiger partial charge on any atom is -0.497 e. The lowest BCUT2D eigenvalue weighted by Crippen LogP contribution is -2.03. The molecule has 0 amide bonds. The number of rotatable bonds is 4. The van der Waals surface area contributed by atoms with E-state index in [1.807, 2.05) is 12.1 Å². The molecule has 0 aliphatic rings. The van der Waals surface area contributed by atoms with Gasteiger partial charge in [-0.15, -0.1) is 0 Å². The first kappa shape index (κ1) is 11.7. The standard InChI is InChI=1S/C14H18N2O/c1-16-10-8-12(7-9-15)14(16)11-3-5-13(17-2)6-4-11/h3-6,8,10H,7,9,15H2,1-2H3. The molecule has 0 atom stereocenters. The molecule has 0 saturated heterocycles. The van der Waals surface area contributed by atoms with Crippen LogP contribution in [0.15, 0.2) is 36.5 Å². The third-order valence-corrected chi connectivity index (χ3v) is 2.93. The van der Waals surface area contributed by atoms with Crippen LogP contribution in [0.4, 0.5) is 0 Å². The number of nitrogens with zero attached hydrogens (tertiary/aromatic N) is 1. The van der Waals surface area contributed by atoms with Gasteiger partial charge in [0.05, 0.1) is 12.8 Å². The van der Waals surface area contributed by atoms with Gasteiger partial charge in [-0.2, -0.15) is 0 Å². The molecule has 2 N–H and O–H groups in total. The molecule has 1 aromatic heterocycles. The van der Waals surface area contributed by atoms with Crippen molar-refractivity contribution in [2.45, 2.75) is 6.42 Å². The van der Waals surface area contributed by atoms with Crippen molar-refractivity contribution in [1.29, 1.82) is 0 Å². The van der Waals surface area contributed by atoms with Crippen LogP contribution in [-0.2, 0) is 13.5 Å². The van der Waals surface area contributed by atoms with Gasteiger partial charge in [-0.3, -0.25) is 0 Å². The molecular weight excluding hydrogens is 212 g/mol. The molecule has 2 rings (SSSR count). The molecule has 0 radical (unpaired) electrons. The Morgan fingerprint density at radius 1 is 1.18 bits per heavy atom. The Hall–Kier alpha value is -1.74. The van der Waals surface area contributed by atoms with E-state index >= 15 is 0 Å². The summed E-state index contributed by atoms with van der Waals surface area (Å²) in [4.78, 5) is 0. The van der Waals surface area contributed by atoms with Crippen LogP contribution in [0.2, 0.25) is 0 Å². The number of ether oxygens (including phenoxy) is 1. The third kappa shape index (κ3) is 2.34. The van der Waals surface area contributed by atoms with Gasteiger partial charge in [0.2, 0.25) is 0 Å². The zero-order chi connectivity index (χ0) is 12.3. The van der Waals surface area contributed by atoms with Gasteiger partial charge >= 0.3 is 0 Å². The molecule has 1 heterocycles. The van der Waals surface area contributed by atoms with Crippen LogP contribution >= 0.6 is 0 Å². The van der Waals surface area contributed by atoms with Gasteiger partial charge in [-0.05, 0) is 54.4 Å². The minimum absolute atomic E-state index is 0.674. The second kappa shape index (κ2) is 5.06. The summed E-state index contributed by atoms with van der Waals surface area (Å²) in [6.07, 6.45) is 2.98. The second-order valence-electron chi connectivity index (χ2n) is 4.07. The third-order valence-electron chi connectivity index (χ3n) is 2.93. The smallest absolute Gasteiger partial charge is 0.118 e. The first-order valence-electron chi connectivity index (χ1n) is 5.75. The van der Waals surface area contributed by atoms with Gasteiger partial charge in [-0.1, -0.05) is 0 Å². The highest BCUT2D eigenvalue weighted by molar-refractivity contribution is 5.65. The van der Waals surface area contributed by atoms with Crippen LogP contribution in [0.25, 0.3) is 11.3 Å². The Morgan fingerprint density at radius 2 is 1.88 bits per heavy atom. The molecule has 2 aromatic rings. The van der Waals surface area contributed by atoms with Crippen LogP contribution < -0.4 is 10.5 Å². The number of aryl methyl sites for hydroxylation is 1. The van der Waals surface area contributed by atoms with E-state index in [2.05, 4.69) is 36.0 Å². The number of aromatic nitrogens is 1. The quantitative estimate of drug-likeness (QED) is 0.874. The van der Waals surface area contributed by atoms with Crippen molar-refractivity contribution in [3.05, 3.63) is 42.1 Å². The fourth-order valence-electron chi connectivity index (χ4n) is 2.08. The summed E-state index contributed by atoms with van der Waals surface area (Å²) >= 11 is 0. The summed E-state index contributed by atoms with van der Waals surface area (Å²) in [5.74, 6) is 0.878. The summed E-state index contributed by atoms with van der Waals surface area (Å²) < 4.78 is 7.30. The molecule has 0 aliphatic heterocycles. The summed E-state index contributed by atoms with van der Waals surface area (Å²) in [7, 11) is 3.73. The highest BCUT2D eigenvalue weighted by Gasteiger charge is 2.08. The number of hydrogen-bond acceptors (Lipinski definition) is 2. The van der Waals surface area contributed by atoms with E-state index in [0.29, 0.717) is 6.54 Å². The summed E-state index contributed by atoms with van der Waals surface area (Å²) in [6, 6.07) is 10.2. The summed E-state index contributed by atoms with van der Waals surface area (Å²) in [5.41, 5.74) is 9.36. The maximum atomic E-state index is 5.63. The molecule has 0 spiro atoms. The topological polar surface area (TPSA) is 40.2 Å². The van der Waals surface area contributed by atoms with Crippen molar-refractivity contribution in [2.75, 3.05) is 13.7 Å². The number of nitrogens with two attached hydrogens (primary N) is 1. The van der Waals surface area contributed by atoms with E-state index in [-0.39, 0.29) is 0 Å². The van der Waals surface area contributed by atoms with Gasteiger partial charge in [0.15, 0.2) is 0 Å². The van der Waals surface area contributed by atoms with Gasteiger partial charge in [0.25, 0.3) is 0 Å². The summed E-state index contributed by atoms with van der Waals surface area (Å²) in [6.45, 7) is 0.674. The van der Waals surface area contributed by atoms with E-state index in [1.165, 1.54) is 16.8 Å². The lowest BCUT2D eigenvalue weighted by molar-refractivity contribution is 0.415. The highest BCUT2D eigenvalue weighted by Crippen LogP contribution is 2.26. The van der Waals surface area contributed by atoms with Crippen molar-refractivity contribution < 1.29 is 4.74 Å². The number of benzene rings is 1. The van der Waals surface area contributed by atoms with Crippen molar-refractivity contribution in [3.8, 4) is 17.0 Å². The van der Waals surface area contributed by atoms with Gasteiger partial charge in [-0.25, -0.2) is 0 Å². The first-order valence-corrected chi connectivity index (χ1v) is 5.75. The van der Waals surface area contributed by atoms with E-state index in [9.17, 15) is 0 Å². The van der Waals surface area contributed by atoms with E-state index < -0.39 is 0 Å². The number of methoxy groups -OCH3 is 1. The molecule has 0 fully saturated rings. The molecule has 0 aliphatic carbocycles. The van der Waals surface area contributed by atoms with Crippen molar-refractivity contribution in [3.63, 3.8) is 0 Å². The highest BCUT2D eigenvalue weighted by atomic mass is 16.5. The molecule has 0 unspecified atom stereocenters. The van der Waals surface area contributed by atoms with Crippen LogP contribution in [0.3, 0.4) is 0 Å². The Kier molecular flexibility index (Phi) is 3.49. The largest absolute Gasteiger partial charge is 0.497 e. The van der Waals surface area contributed by atoms with Crippen LogP contribution in [0.1, 0.15) is 5.56 Å². The average molecular weight is 230 g/mol. The maximum Gasteiger partial charge on any atom is 0.118 e. The maximum absolute atomic E-state index is 5.63. The van der Waals surface area contributed by atoms with Crippen molar-refractivity contribution in [2.24, 2.45) is 12.8 Å². The summed E-state index contributed by atoms with van der Waals surface area (Å²) in [5, 5.41) is 0. The van der Waals surface area contributed by atoms with E-state index in [4.69, 9.17) is 10.5 Å². The molecule has 0 bridgehead atoms. The zero-order valence-electron chi connectivity index (χ0n) is 10.3. The molecular formula is C14H18N2O. The predicted octanol–water partition coefficient (Wildman–Crippen LogP) is 2.20. The predicted molar refractivity (Wildman–Crippen MR) is 70.2 cm³/mol. The molecule has 1 aromatic carbocycles. The normalized spacial score (nSPS) is 10.5. The Morgan fingerprint density at radius 3 is 2.47 bits per heavy atom. The van der Waals surface area contributed by atoms with Crippen molar-refractivity contribution >= 4 is 0 Å². The Labute approximate surface area is 102 Å². The van der Waals surface area contributed by atoms with Gasteiger partial charge in [0, 0.05) is 13.2 Å². The lowest BCUT2D eigenvalue weighted by Gasteiger charge is -2.08. The molecule has 3 nitrogen and oxygen atoms in total. The molecule has 3 heteroatoms. The number of hydrogen-bond donors (Lipinski definition) is 1. The first-order chi connectivity index (χ1) is 8.26. The Balaban J connectivity index is 2.40. The zero-order valence-corrected chi connectivity index (χ0v) is 10.3. The van der Waals surface area contributed by atoms with E-state index in [0.717, 1.165) is 12.2 Å². The average Bonchev–Trinajstić information content (AvgIpc) is 2.71. The monoisotopic (exact) mass is 230 g/mol. The molecule has 0 saturated carbocycles. The van der Waals surface area contributed by atoms with Crippen LogP contribution in [-0.4, -0.2) is 18.2 Å². The fraction of sp³-hybridized carbons (Fsp3) is 0.286. The molecule has 90 valence electrons. The van der Waals surface area contributed by atoms with Gasteiger partial charge in [0.1, 0.15) is 5.75 Å². The van der Waals surface area contributed by atoms with Gasteiger partial charge < -0.3 is 15.0 Å². The van der Waals surface area contributed by atoms with Crippen LogP contribution in [0.5, 0.6) is 5.75 Å². The Bertz CT molecular complexity index is 485. The molecule has 17 heavy (non-hydrogen) atoms. The second-order valence-corrected chi connectivity index (χ2v) is 4.07. The van der Waals surface area contributed by atoms with Crippen LogP contribution in [0, 0.1) is 0 Å². The fourth-order valence-corrected chi connectivity index (χ4v) is 2.08. The minimum atomic E-state index is 0.674. The van der Waals surface area contributed by atoms with Crippen molar-refractivity contribution in [1.82, 2.24) is 4.57 Å².